The van der Waals surface area contributed by atoms with E-state index in [4.69, 9.17) is 0 Å². The van der Waals surface area contributed by atoms with E-state index in [1.807, 2.05) is 42.5 Å². The molecule has 0 radical (unpaired) electrons. The molecule has 0 aliphatic carbocycles. The molecule has 17 heavy (non-hydrogen) atoms. The third-order valence-electron chi connectivity index (χ3n) is 2.36. The number of nitrogens with zero attached hydrogens (tertiary/aromatic N) is 1. The normalized spacial score (nSPS) is 9.71. The minimum atomic E-state index is 0.418. The summed E-state index contributed by atoms with van der Waals surface area (Å²) in [6.45, 7) is 3.33. The molecule has 3 heteroatoms. The van der Waals surface area contributed by atoms with E-state index in [0.29, 0.717) is 10.9 Å². The Balaban J connectivity index is 2.21. The van der Waals surface area contributed by atoms with Crippen molar-refractivity contribution in [2.24, 2.45) is 0 Å². The third kappa shape index (κ3) is 2.65. The summed E-state index contributed by atoms with van der Waals surface area (Å²) >= 11 is 0. The second-order valence-electron chi connectivity index (χ2n) is 3.44. The fraction of sp³-hybridized carbons (Fsp3) is 0. The van der Waals surface area contributed by atoms with Crippen LogP contribution in [-0.2, 0) is 4.84 Å². The molecule has 0 bridgehead atoms. The second-order valence-corrected chi connectivity index (χ2v) is 3.44. The maximum Gasteiger partial charge on any atom is 0.111 e. The molecule has 0 fully saturated rings. The summed E-state index contributed by atoms with van der Waals surface area (Å²) < 4.78 is 0. The molecule has 2 aromatic rings. The van der Waals surface area contributed by atoms with Crippen LogP contribution in [0.2, 0.25) is 0 Å². The van der Waals surface area contributed by atoms with Crippen molar-refractivity contribution >= 4 is 5.69 Å². The molecular formula is C14H12NO2-. The summed E-state index contributed by atoms with van der Waals surface area (Å²) in [5, 5.41) is 11.7. The van der Waals surface area contributed by atoms with Crippen molar-refractivity contribution in [1.82, 2.24) is 0 Å². The summed E-state index contributed by atoms with van der Waals surface area (Å²) in [4.78, 5) is 4.62. The minimum Gasteiger partial charge on any atom is -0.724 e. The zero-order valence-electron chi connectivity index (χ0n) is 9.24. The lowest BCUT2D eigenvalue weighted by Crippen LogP contribution is -2.10. The van der Waals surface area contributed by atoms with Crippen LogP contribution in [0, 0.1) is 5.21 Å². The maximum absolute atomic E-state index is 11.3. The highest BCUT2D eigenvalue weighted by Gasteiger charge is 1.98. The van der Waals surface area contributed by atoms with Crippen LogP contribution in [0.1, 0.15) is 0 Å². The topological polar surface area (TPSA) is 35.5 Å². The molecule has 0 aliphatic heterocycles. The molecular weight excluding hydrogens is 214 g/mol. The van der Waals surface area contributed by atoms with Crippen LogP contribution in [0.4, 0.5) is 5.69 Å². The van der Waals surface area contributed by atoms with Crippen molar-refractivity contribution in [3.05, 3.63) is 72.6 Å². The molecule has 2 aromatic carbocycles. The first kappa shape index (κ1) is 11.2. The standard InChI is InChI=1S/C14H12NO2/c1-2-17-15(16)14-10-8-13(9-11-14)12-6-4-3-5-7-12/h2-11H,1H2/q-1. The van der Waals surface area contributed by atoms with E-state index >= 15 is 0 Å². The summed E-state index contributed by atoms with van der Waals surface area (Å²) in [6.07, 6.45) is 1.10. The first-order valence-electron chi connectivity index (χ1n) is 5.21. The van der Waals surface area contributed by atoms with Crippen molar-refractivity contribution in [2.75, 3.05) is 5.23 Å². The van der Waals surface area contributed by atoms with Crippen molar-refractivity contribution in [1.29, 1.82) is 0 Å². The van der Waals surface area contributed by atoms with Gasteiger partial charge in [-0.25, -0.2) is 0 Å². The van der Waals surface area contributed by atoms with Gasteiger partial charge in [0.2, 0.25) is 0 Å². The van der Waals surface area contributed by atoms with Gasteiger partial charge in [0.15, 0.2) is 0 Å². The Bertz CT molecular complexity index is 479. The lowest BCUT2D eigenvalue weighted by atomic mass is 10.1. The van der Waals surface area contributed by atoms with Crippen LogP contribution in [0.25, 0.3) is 11.1 Å². The first-order valence-corrected chi connectivity index (χ1v) is 5.21. The lowest BCUT2D eigenvalue weighted by molar-refractivity contribution is 0.251. The highest BCUT2D eigenvalue weighted by atomic mass is 16.9. The predicted molar refractivity (Wildman–Crippen MR) is 69.0 cm³/mol. The van der Waals surface area contributed by atoms with Gasteiger partial charge in [-0.15, -0.1) is 0 Å². The van der Waals surface area contributed by atoms with Crippen LogP contribution in [0.5, 0.6) is 0 Å². The molecule has 0 aromatic heterocycles. The van der Waals surface area contributed by atoms with Gasteiger partial charge in [0, 0.05) is 0 Å². The summed E-state index contributed by atoms with van der Waals surface area (Å²) in [5.74, 6) is 0. The van der Waals surface area contributed by atoms with Gasteiger partial charge < -0.3 is 10.0 Å². The molecule has 0 N–H and O–H groups in total. The molecule has 0 atom stereocenters. The van der Waals surface area contributed by atoms with E-state index in [1.54, 1.807) is 12.1 Å². The number of rotatable bonds is 4. The van der Waals surface area contributed by atoms with Gasteiger partial charge >= 0.3 is 0 Å². The van der Waals surface area contributed by atoms with E-state index in [1.165, 1.54) is 0 Å². The molecule has 0 amide bonds. The average Bonchev–Trinajstić information content (AvgIpc) is 2.40. The largest absolute Gasteiger partial charge is 0.724 e. The van der Waals surface area contributed by atoms with Crippen molar-refractivity contribution < 1.29 is 4.84 Å². The smallest absolute Gasteiger partial charge is 0.111 e. The number of hydrogen-bond acceptors (Lipinski definition) is 3. The van der Waals surface area contributed by atoms with Gasteiger partial charge in [-0.3, -0.25) is 5.23 Å². The fourth-order valence-corrected chi connectivity index (χ4v) is 1.53. The third-order valence-corrected chi connectivity index (χ3v) is 2.36. The first-order chi connectivity index (χ1) is 8.31. The average molecular weight is 226 g/mol. The molecule has 0 heterocycles. The van der Waals surface area contributed by atoms with Gasteiger partial charge in [0.1, 0.15) is 6.26 Å². The van der Waals surface area contributed by atoms with Crippen molar-refractivity contribution in [3.8, 4) is 11.1 Å². The van der Waals surface area contributed by atoms with Crippen LogP contribution >= 0.6 is 0 Å². The molecule has 86 valence electrons. The highest BCUT2D eigenvalue weighted by Crippen LogP contribution is 2.22. The fourth-order valence-electron chi connectivity index (χ4n) is 1.53. The Hall–Kier alpha value is -2.26. The zero-order chi connectivity index (χ0) is 12.1. The van der Waals surface area contributed by atoms with E-state index in [2.05, 4.69) is 11.4 Å². The Morgan fingerprint density at radius 3 is 2.12 bits per heavy atom. The summed E-state index contributed by atoms with van der Waals surface area (Å²) in [6, 6.07) is 17.1. The molecule has 0 saturated carbocycles. The Kier molecular flexibility index (Phi) is 3.43. The van der Waals surface area contributed by atoms with E-state index in [9.17, 15) is 5.21 Å². The van der Waals surface area contributed by atoms with Gasteiger partial charge in [-0.1, -0.05) is 49.0 Å². The molecule has 0 aliphatic rings. The van der Waals surface area contributed by atoms with Gasteiger partial charge in [-0.05, 0) is 23.3 Å². The van der Waals surface area contributed by atoms with Gasteiger partial charge in [0.05, 0.1) is 5.69 Å². The minimum absolute atomic E-state index is 0.418. The quantitative estimate of drug-likeness (QED) is 0.588. The van der Waals surface area contributed by atoms with E-state index in [-0.39, 0.29) is 0 Å². The second kappa shape index (κ2) is 5.18. The van der Waals surface area contributed by atoms with Gasteiger partial charge in [-0.2, -0.15) is 0 Å². The summed E-state index contributed by atoms with van der Waals surface area (Å²) in [5.41, 5.74) is 2.60. The number of anilines is 1. The van der Waals surface area contributed by atoms with Crippen LogP contribution < -0.4 is 5.23 Å². The molecule has 0 saturated heterocycles. The number of hydrogen-bond donors (Lipinski definition) is 0. The van der Waals surface area contributed by atoms with E-state index < -0.39 is 0 Å². The Labute approximate surface area is 100 Å². The van der Waals surface area contributed by atoms with Crippen LogP contribution in [-0.4, -0.2) is 0 Å². The van der Waals surface area contributed by atoms with E-state index in [0.717, 1.165) is 17.4 Å². The predicted octanol–water partition coefficient (Wildman–Crippen LogP) is 3.73. The van der Waals surface area contributed by atoms with Crippen LogP contribution in [0.3, 0.4) is 0 Å². The molecule has 0 spiro atoms. The summed E-state index contributed by atoms with van der Waals surface area (Å²) in [7, 11) is 0. The van der Waals surface area contributed by atoms with Crippen molar-refractivity contribution in [3.63, 3.8) is 0 Å². The molecule has 2 rings (SSSR count). The highest BCUT2D eigenvalue weighted by molar-refractivity contribution is 5.66. The monoisotopic (exact) mass is 226 g/mol. The molecule has 3 nitrogen and oxygen atoms in total. The van der Waals surface area contributed by atoms with Crippen molar-refractivity contribution in [2.45, 2.75) is 0 Å². The maximum atomic E-state index is 11.3. The van der Waals surface area contributed by atoms with Gasteiger partial charge in [0.25, 0.3) is 0 Å². The Morgan fingerprint density at radius 1 is 0.941 bits per heavy atom. The van der Waals surface area contributed by atoms with Crippen LogP contribution in [0.15, 0.2) is 67.4 Å². The zero-order valence-corrected chi connectivity index (χ0v) is 9.24. The SMILES string of the molecule is C=CON([O-])c1ccc(-c2ccccc2)cc1. The Morgan fingerprint density at radius 2 is 1.53 bits per heavy atom. The molecule has 0 unspecified atom stereocenters. The number of benzene rings is 2. The lowest BCUT2D eigenvalue weighted by Gasteiger charge is -2.27.